The first-order valence-electron chi connectivity index (χ1n) is 8.02. The van der Waals surface area contributed by atoms with E-state index >= 15 is 0 Å². The zero-order valence-corrected chi connectivity index (χ0v) is 17.2. The third-order valence-corrected chi connectivity index (χ3v) is 3.47. The minimum atomic E-state index is -0.338. The van der Waals surface area contributed by atoms with Crippen molar-refractivity contribution in [3.63, 3.8) is 0 Å². The van der Waals surface area contributed by atoms with Crippen LogP contribution in [0.3, 0.4) is 0 Å². The van der Waals surface area contributed by atoms with Crippen LogP contribution in [0.2, 0.25) is 0 Å². The summed E-state index contributed by atoms with van der Waals surface area (Å²) in [7, 11) is 3.09. The lowest BCUT2D eigenvalue weighted by Crippen LogP contribution is -2.38. The first kappa shape index (κ1) is 21.8. The van der Waals surface area contributed by atoms with Crippen LogP contribution < -0.4 is 15.4 Å². The van der Waals surface area contributed by atoms with Crippen molar-refractivity contribution in [3.05, 3.63) is 65.7 Å². The molecule has 0 spiro atoms. The average Bonchev–Trinajstić information content (AvgIpc) is 2.68. The van der Waals surface area contributed by atoms with Gasteiger partial charge in [0.2, 0.25) is 0 Å². The van der Waals surface area contributed by atoms with Crippen LogP contribution in [0.5, 0.6) is 5.75 Å². The molecule has 2 rings (SSSR count). The standard InChI is InChI=1S/C19H23N3O3.HI/c1-20-19(21-12-13-25-17-6-4-3-5-7-17)22-14-15-8-10-16(11-9-15)18(23)24-2;/h3-11H,12-14H2,1-2H3,(H2,20,21,22);1H. The Balaban J connectivity index is 0.00000338. The number of hydrogen-bond acceptors (Lipinski definition) is 4. The second-order valence-corrected chi connectivity index (χ2v) is 5.20. The quantitative estimate of drug-likeness (QED) is 0.215. The van der Waals surface area contributed by atoms with Gasteiger partial charge in [-0.25, -0.2) is 4.79 Å². The van der Waals surface area contributed by atoms with Crippen molar-refractivity contribution >= 4 is 35.9 Å². The van der Waals surface area contributed by atoms with Gasteiger partial charge in [-0.1, -0.05) is 30.3 Å². The first-order chi connectivity index (χ1) is 12.2. The minimum Gasteiger partial charge on any atom is -0.492 e. The smallest absolute Gasteiger partial charge is 0.337 e. The van der Waals surface area contributed by atoms with E-state index in [1.54, 1.807) is 19.2 Å². The molecular formula is C19H24IN3O3. The number of esters is 1. The van der Waals surface area contributed by atoms with Crippen molar-refractivity contribution in [1.29, 1.82) is 0 Å². The number of guanidine groups is 1. The third-order valence-electron chi connectivity index (χ3n) is 3.47. The zero-order valence-electron chi connectivity index (χ0n) is 14.9. The summed E-state index contributed by atoms with van der Waals surface area (Å²) in [4.78, 5) is 15.6. The summed E-state index contributed by atoms with van der Waals surface area (Å²) in [5, 5.41) is 6.40. The van der Waals surface area contributed by atoms with Crippen LogP contribution in [0.15, 0.2) is 59.6 Å². The number of benzene rings is 2. The molecule has 0 radical (unpaired) electrons. The maximum Gasteiger partial charge on any atom is 0.337 e. The second kappa shape index (κ2) is 12.1. The number of hydrogen-bond donors (Lipinski definition) is 2. The lowest BCUT2D eigenvalue weighted by atomic mass is 10.1. The van der Waals surface area contributed by atoms with Crippen LogP contribution >= 0.6 is 24.0 Å². The molecule has 0 amide bonds. The predicted molar refractivity (Wildman–Crippen MR) is 113 cm³/mol. The number of carbonyl (C=O) groups is 1. The highest BCUT2D eigenvalue weighted by Gasteiger charge is 2.04. The highest BCUT2D eigenvalue weighted by atomic mass is 127. The third kappa shape index (κ3) is 7.30. The molecule has 0 aromatic heterocycles. The number of ether oxygens (including phenoxy) is 2. The van der Waals surface area contributed by atoms with Crippen molar-refractivity contribution in [2.45, 2.75) is 6.54 Å². The van der Waals surface area contributed by atoms with Gasteiger partial charge >= 0.3 is 5.97 Å². The van der Waals surface area contributed by atoms with Crippen LogP contribution in [-0.2, 0) is 11.3 Å². The summed E-state index contributed by atoms with van der Waals surface area (Å²) in [5.41, 5.74) is 1.57. The van der Waals surface area contributed by atoms with Crippen LogP contribution in [-0.4, -0.2) is 39.2 Å². The van der Waals surface area contributed by atoms with Crippen molar-refractivity contribution in [2.24, 2.45) is 4.99 Å². The summed E-state index contributed by atoms with van der Waals surface area (Å²) in [5.74, 6) is 1.20. The summed E-state index contributed by atoms with van der Waals surface area (Å²) < 4.78 is 10.3. The number of carbonyl (C=O) groups excluding carboxylic acids is 1. The Morgan fingerprint density at radius 2 is 1.73 bits per heavy atom. The van der Waals surface area contributed by atoms with Gasteiger partial charge in [0.25, 0.3) is 0 Å². The maximum absolute atomic E-state index is 11.4. The molecule has 0 fully saturated rings. The van der Waals surface area contributed by atoms with E-state index in [1.165, 1.54) is 7.11 Å². The molecule has 0 aliphatic heterocycles. The molecular weight excluding hydrogens is 445 g/mol. The van der Waals surface area contributed by atoms with Gasteiger partial charge in [0, 0.05) is 13.6 Å². The van der Waals surface area contributed by atoms with Crippen LogP contribution in [0.25, 0.3) is 0 Å². The van der Waals surface area contributed by atoms with E-state index in [0.29, 0.717) is 31.2 Å². The van der Waals surface area contributed by atoms with E-state index in [2.05, 4.69) is 20.4 Å². The maximum atomic E-state index is 11.4. The number of halogens is 1. The number of aliphatic imine (C=N–C) groups is 1. The van der Waals surface area contributed by atoms with E-state index < -0.39 is 0 Å². The van der Waals surface area contributed by atoms with Gasteiger partial charge in [-0.15, -0.1) is 24.0 Å². The van der Waals surface area contributed by atoms with Gasteiger partial charge in [0.1, 0.15) is 12.4 Å². The second-order valence-electron chi connectivity index (χ2n) is 5.20. The van der Waals surface area contributed by atoms with Gasteiger partial charge in [0.15, 0.2) is 5.96 Å². The molecule has 6 nitrogen and oxygen atoms in total. The topological polar surface area (TPSA) is 72.0 Å². The molecule has 7 heteroatoms. The molecule has 0 atom stereocenters. The van der Waals surface area contributed by atoms with E-state index in [0.717, 1.165) is 11.3 Å². The Morgan fingerprint density at radius 3 is 2.35 bits per heavy atom. The molecule has 2 N–H and O–H groups in total. The average molecular weight is 469 g/mol. The molecule has 0 saturated carbocycles. The van der Waals surface area contributed by atoms with Crippen molar-refractivity contribution in [1.82, 2.24) is 10.6 Å². The number of rotatable bonds is 7. The highest BCUT2D eigenvalue weighted by Crippen LogP contribution is 2.07. The highest BCUT2D eigenvalue weighted by molar-refractivity contribution is 14.0. The predicted octanol–water partition coefficient (Wildman–Crippen LogP) is 2.84. The van der Waals surface area contributed by atoms with Gasteiger partial charge in [-0.3, -0.25) is 4.99 Å². The summed E-state index contributed by atoms with van der Waals surface area (Å²) in [6.07, 6.45) is 0. The molecule has 0 saturated heterocycles. The van der Waals surface area contributed by atoms with Crippen molar-refractivity contribution in [3.8, 4) is 5.75 Å². The molecule has 26 heavy (non-hydrogen) atoms. The van der Waals surface area contributed by atoms with Gasteiger partial charge in [-0.05, 0) is 29.8 Å². The molecule has 2 aromatic rings. The van der Waals surface area contributed by atoms with E-state index in [-0.39, 0.29) is 29.9 Å². The summed E-state index contributed by atoms with van der Waals surface area (Å²) >= 11 is 0. The molecule has 0 bridgehead atoms. The van der Waals surface area contributed by atoms with Gasteiger partial charge in [-0.2, -0.15) is 0 Å². The number of nitrogens with one attached hydrogen (secondary N) is 2. The Hall–Kier alpha value is -2.29. The largest absolute Gasteiger partial charge is 0.492 e. The fourth-order valence-electron chi connectivity index (χ4n) is 2.14. The molecule has 0 aliphatic carbocycles. The lowest BCUT2D eigenvalue weighted by molar-refractivity contribution is 0.0600. The van der Waals surface area contributed by atoms with Crippen molar-refractivity contribution < 1.29 is 14.3 Å². The Kier molecular flexibility index (Phi) is 10.1. The molecule has 140 valence electrons. The van der Waals surface area contributed by atoms with Crippen LogP contribution in [0.4, 0.5) is 0 Å². The SMILES string of the molecule is CN=C(NCCOc1ccccc1)NCc1ccc(C(=O)OC)cc1.I. The van der Waals surface area contributed by atoms with E-state index in [9.17, 15) is 4.79 Å². The fraction of sp³-hybridized carbons (Fsp3) is 0.263. The Labute approximate surface area is 171 Å². The van der Waals surface area contributed by atoms with Gasteiger partial charge in [0.05, 0.1) is 19.2 Å². The minimum absolute atomic E-state index is 0. The van der Waals surface area contributed by atoms with Crippen molar-refractivity contribution in [2.75, 3.05) is 27.3 Å². The summed E-state index contributed by atoms with van der Waals surface area (Å²) in [6.45, 7) is 1.77. The number of nitrogens with zero attached hydrogens (tertiary/aromatic N) is 1. The molecule has 0 unspecified atom stereocenters. The zero-order chi connectivity index (χ0) is 17.9. The number of methoxy groups -OCH3 is 1. The lowest BCUT2D eigenvalue weighted by Gasteiger charge is -2.12. The number of para-hydroxylation sites is 1. The van der Waals surface area contributed by atoms with Gasteiger partial charge < -0.3 is 20.1 Å². The van der Waals surface area contributed by atoms with E-state index in [1.807, 2.05) is 42.5 Å². The first-order valence-corrected chi connectivity index (χ1v) is 8.02. The van der Waals surface area contributed by atoms with Crippen LogP contribution in [0, 0.1) is 0 Å². The molecule has 2 aromatic carbocycles. The normalized spacial score (nSPS) is 10.5. The summed E-state index contributed by atoms with van der Waals surface area (Å²) in [6, 6.07) is 16.9. The van der Waals surface area contributed by atoms with Crippen LogP contribution in [0.1, 0.15) is 15.9 Å². The molecule has 0 heterocycles. The van der Waals surface area contributed by atoms with E-state index in [4.69, 9.17) is 4.74 Å². The Morgan fingerprint density at radius 1 is 1.04 bits per heavy atom. The Bertz CT molecular complexity index is 691. The molecule has 0 aliphatic rings. The monoisotopic (exact) mass is 469 g/mol. The fourth-order valence-corrected chi connectivity index (χ4v) is 2.14.